The Morgan fingerprint density at radius 2 is 1.59 bits per heavy atom. The van der Waals surface area contributed by atoms with Gasteiger partial charge in [0.2, 0.25) is 11.8 Å². The Morgan fingerprint density at radius 1 is 0.853 bits per heavy atom. The van der Waals surface area contributed by atoms with E-state index >= 15 is 0 Å². The molecule has 1 aromatic carbocycles. The number of hydrogen-bond donors (Lipinski definition) is 0. The summed E-state index contributed by atoms with van der Waals surface area (Å²) in [4.78, 5) is 36.6. The monoisotopic (exact) mass is 475 g/mol. The molecule has 2 aliphatic rings. The van der Waals surface area contributed by atoms with Crippen molar-refractivity contribution < 1.29 is 22.8 Å². The highest BCUT2D eigenvalue weighted by molar-refractivity contribution is 5.99. The number of imide groups is 1. The standard InChI is InChI=1S/C24H28F3N5O2/c25-24(26,27)19-5-3-7-21(15-19)31-13-11-29(12-14-31)9-4-10-32-22(33)17-30(18-23(32)34)16-20-6-1-2-8-28-20/h1-3,5-8,15H,4,9-14,16-18H2. The molecule has 0 spiro atoms. The van der Waals surface area contributed by atoms with Crippen LogP contribution in [0, 0.1) is 0 Å². The molecule has 7 nitrogen and oxygen atoms in total. The van der Waals surface area contributed by atoms with Crippen molar-refractivity contribution >= 4 is 17.5 Å². The van der Waals surface area contributed by atoms with Crippen molar-refractivity contribution in [1.82, 2.24) is 19.7 Å². The molecule has 1 aromatic heterocycles. The van der Waals surface area contributed by atoms with Gasteiger partial charge in [0.15, 0.2) is 0 Å². The number of alkyl halides is 3. The first-order chi connectivity index (χ1) is 16.3. The molecule has 182 valence electrons. The van der Waals surface area contributed by atoms with E-state index in [1.807, 2.05) is 23.1 Å². The minimum absolute atomic E-state index is 0.192. The SMILES string of the molecule is O=C1CN(Cc2ccccn2)CC(=O)N1CCCN1CCN(c2cccc(C(F)(F)F)c2)CC1. The maximum atomic E-state index is 13.0. The quantitative estimate of drug-likeness (QED) is 0.574. The number of anilines is 1. The fourth-order valence-corrected chi connectivity index (χ4v) is 4.39. The fourth-order valence-electron chi connectivity index (χ4n) is 4.39. The first-order valence-electron chi connectivity index (χ1n) is 11.4. The molecule has 3 heterocycles. The third-order valence-electron chi connectivity index (χ3n) is 6.20. The van der Waals surface area contributed by atoms with Crippen LogP contribution in [0.3, 0.4) is 0 Å². The van der Waals surface area contributed by atoms with Gasteiger partial charge in [0.25, 0.3) is 0 Å². The lowest BCUT2D eigenvalue weighted by atomic mass is 10.1. The molecule has 0 atom stereocenters. The van der Waals surface area contributed by atoms with Crippen molar-refractivity contribution in [3.63, 3.8) is 0 Å². The van der Waals surface area contributed by atoms with Gasteiger partial charge in [-0.05, 0) is 43.3 Å². The zero-order valence-electron chi connectivity index (χ0n) is 18.9. The lowest BCUT2D eigenvalue weighted by Gasteiger charge is -2.37. The van der Waals surface area contributed by atoms with Gasteiger partial charge in [-0.1, -0.05) is 12.1 Å². The zero-order chi connectivity index (χ0) is 24.1. The highest BCUT2D eigenvalue weighted by atomic mass is 19.4. The van der Waals surface area contributed by atoms with E-state index in [9.17, 15) is 22.8 Å². The molecule has 34 heavy (non-hydrogen) atoms. The van der Waals surface area contributed by atoms with Crippen LogP contribution in [0.25, 0.3) is 0 Å². The second-order valence-corrected chi connectivity index (χ2v) is 8.64. The lowest BCUT2D eigenvalue weighted by molar-refractivity contribution is -0.151. The topological polar surface area (TPSA) is 60.0 Å². The van der Waals surface area contributed by atoms with Gasteiger partial charge in [-0.25, -0.2) is 0 Å². The second kappa shape index (κ2) is 10.5. The van der Waals surface area contributed by atoms with Crippen LogP contribution in [0.15, 0.2) is 48.7 Å². The molecular weight excluding hydrogens is 447 g/mol. The molecule has 2 fully saturated rings. The molecule has 0 aliphatic carbocycles. The third kappa shape index (κ3) is 6.12. The normalized spacial score (nSPS) is 18.6. The molecule has 4 rings (SSSR count). The first kappa shape index (κ1) is 24.2. The summed E-state index contributed by atoms with van der Waals surface area (Å²) < 4.78 is 38.9. The number of pyridine rings is 1. The number of piperazine rings is 2. The number of benzene rings is 1. The van der Waals surface area contributed by atoms with Gasteiger partial charge < -0.3 is 4.90 Å². The molecule has 2 aromatic rings. The van der Waals surface area contributed by atoms with Crippen LogP contribution in [0.1, 0.15) is 17.7 Å². The van der Waals surface area contributed by atoms with Gasteiger partial charge in [-0.15, -0.1) is 0 Å². The number of rotatable bonds is 7. The van der Waals surface area contributed by atoms with E-state index in [0.29, 0.717) is 38.3 Å². The summed E-state index contributed by atoms with van der Waals surface area (Å²) in [6.45, 7) is 4.65. The Morgan fingerprint density at radius 3 is 2.24 bits per heavy atom. The Balaban J connectivity index is 1.20. The van der Waals surface area contributed by atoms with Crippen molar-refractivity contribution in [2.45, 2.75) is 19.1 Å². The van der Waals surface area contributed by atoms with Gasteiger partial charge in [0.05, 0.1) is 24.3 Å². The number of halogens is 3. The van der Waals surface area contributed by atoms with Crippen LogP contribution in [0.5, 0.6) is 0 Å². The summed E-state index contributed by atoms with van der Waals surface area (Å²) in [6.07, 6.45) is -1.99. The van der Waals surface area contributed by atoms with Gasteiger partial charge in [-0.3, -0.25) is 29.3 Å². The number of carbonyl (C=O) groups is 2. The summed E-state index contributed by atoms with van der Waals surface area (Å²) >= 11 is 0. The maximum Gasteiger partial charge on any atom is 0.416 e. The van der Waals surface area contributed by atoms with Crippen molar-refractivity contribution in [1.29, 1.82) is 0 Å². The van der Waals surface area contributed by atoms with Crippen molar-refractivity contribution in [2.24, 2.45) is 0 Å². The van der Waals surface area contributed by atoms with Gasteiger partial charge in [0, 0.05) is 51.2 Å². The Kier molecular flexibility index (Phi) is 7.47. The minimum atomic E-state index is -4.35. The Bertz CT molecular complexity index is 976. The van der Waals surface area contributed by atoms with E-state index in [1.165, 1.54) is 17.0 Å². The zero-order valence-corrected chi connectivity index (χ0v) is 18.9. The largest absolute Gasteiger partial charge is 0.416 e. The Hall–Kier alpha value is -2.98. The smallest absolute Gasteiger partial charge is 0.369 e. The maximum absolute atomic E-state index is 13.0. The van der Waals surface area contributed by atoms with Crippen LogP contribution < -0.4 is 4.90 Å². The van der Waals surface area contributed by atoms with Crippen molar-refractivity contribution in [2.75, 3.05) is 57.3 Å². The summed E-state index contributed by atoms with van der Waals surface area (Å²) in [6, 6.07) is 11.0. The molecular formula is C24H28F3N5O2. The van der Waals surface area contributed by atoms with E-state index in [4.69, 9.17) is 0 Å². The number of carbonyl (C=O) groups excluding carboxylic acids is 2. The molecule has 0 unspecified atom stereocenters. The average Bonchev–Trinajstić information content (AvgIpc) is 2.81. The first-order valence-corrected chi connectivity index (χ1v) is 11.4. The van der Waals surface area contributed by atoms with E-state index in [2.05, 4.69) is 9.88 Å². The predicted octanol–water partition coefficient (Wildman–Crippen LogP) is 2.48. The van der Waals surface area contributed by atoms with Crippen molar-refractivity contribution in [3.05, 3.63) is 59.9 Å². The van der Waals surface area contributed by atoms with Crippen molar-refractivity contribution in [3.8, 4) is 0 Å². The van der Waals surface area contributed by atoms with Crippen LogP contribution in [0.4, 0.5) is 18.9 Å². The average molecular weight is 476 g/mol. The molecule has 10 heteroatoms. The minimum Gasteiger partial charge on any atom is -0.369 e. The molecule has 0 bridgehead atoms. The third-order valence-corrected chi connectivity index (χ3v) is 6.20. The number of nitrogens with zero attached hydrogens (tertiary/aromatic N) is 5. The highest BCUT2D eigenvalue weighted by Crippen LogP contribution is 2.31. The summed E-state index contributed by atoms with van der Waals surface area (Å²) in [5.74, 6) is -0.386. The van der Waals surface area contributed by atoms with Crippen LogP contribution >= 0.6 is 0 Å². The summed E-state index contributed by atoms with van der Waals surface area (Å²) in [5, 5.41) is 0. The summed E-state index contributed by atoms with van der Waals surface area (Å²) in [7, 11) is 0. The summed E-state index contributed by atoms with van der Waals surface area (Å²) in [5.41, 5.74) is 0.761. The van der Waals surface area contributed by atoms with Gasteiger partial charge in [-0.2, -0.15) is 13.2 Å². The molecule has 2 aliphatic heterocycles. The molecule has 0 saturated carbocycles. The van der Waals surface area contributed by atoms with Crippen LogP contribution in [-0.2, 0) is 22.3 Å². The van der Waals surface area contributed by atoms with E-state index < -0.39 is 11.7 Å². The highest BCUT2D eigenvalue weighted by Gasteiger charge is 2.32. The lowest BCUT2D eigenvalue weighted by Crippen LogP contribution is -2.54. The second-order valence-electron chi connectivity index (χ2n) is 8.64. The van der Waals surface area contributed by atoms with Crippen LogP contribution in [-0.4, -0.2) is 83.9 Å². The van der Waals surface area contributed by atoms with E-state index in [0.717, 1.165) is 31.4 Å². The fraction of sp³-hybridized carbons (Fsp3) is 0.458. The molecule has 2 saturated heterocycles. The van der Waals surface area contributed by atoms with E-state index in [-0.39, 0.29) is 24.9 Å². The van der Waals surface area contributed by atoms with Gasteiger partial charge in [0.1, 0.15) is 0 Å². The molecule has 0 N–H and O–H groups in total. The number of aromatic nitrogens is 1. The van der Waals surface area contributed by atoms with Crippen LogP contribution in [0.2, 0.25) is 0 Å². The molecule has 2 amide bonds. The van der Waals surface area contributed by atoms with Gasteiger partial charge >= 0.3 is 6.18 Å². The predicted molar refractivity (Wildman–Crippen MR) is 121 cm³/mol. The number of amides is 2. The molecule has 0 radical (unpaired) electrons. The number of hydrogen-bond acceptors (Lipinski definition) is 6. The van der Waals surface area contributed by atoms with E-state index in [1.54, 1.807) is 17.2 Å². The Labute approximate surface area is 196 Å².